The number of aromatic nitrogens is 1. The van der Waals surface area contributed by atoms with Gasteiger partial charge in [0.2, 0.25) is 5.91 Å². The summed E-state index contributed by atoms with van der Waals surface area (Å²) in [6.45, 7) is 2.30. The molecular weight excluding hydrogens is 264 g/mol. The minimum absolute atomic E-state index is 0.159. The average Bonchev–Trinajstić information content (AvgIpc) is 2.70. The molecule has 0 aromatic carbocycles. The molecule has 1 atom stereocenters. The van der Waals surface area contributed by atoms with Crippen LogP contribution in [0.5, 0.6) is 0 Å². The van der Waals surface area contributed by atoms with Crippen LogP contribution in [0.2, 0.25) is 0 Å². The molecule has 3 N–H and O–H groups in total. The zero-order valence-electron chi connectivity index (χ0n) is 10.8. The smallest absolute Gasteiger partial charge is 0.322 e. The Morgan fingerprint density at radius 1 is 1.35 bits per heavy atom. The van der Waals surface area contributed by atoms with Gasteiger partial charge in [0.25, 0.3) is 11.5 Å². The maximum absolute atomic E-state index is 11.8. The Bertz CT molecular complexity index is 622. The van der Waals surface area contributed by atoms with E-state index in [4.69, 9.17) is 0 Å². The number of nitrogens with one attached hydrogen (secondary N) is 3. The number of carbonyl (C=O) groups excluding carboxylic acids is 3. The van der Waals surface area contributed by atoms with Crippen molar-refractivity contribution in [3.8, 4) is 0 Å². The molecule has 8 heteroatoms. The van der Waals surface area contributed by atoms with Gasteiger partial charge in [-0.15, -0.1) is 0 Å². The largest absolute Gasteiger partial charge is 0.325 e. The highest BCUT2D eigenvalue weighted by atomic mass is 16.2. The number of urea groups is 1. The highest BCUT2D eigenvalue weighted by Crippen LogP contribution is 2.06. The van der Waals surface area contributed by atoms with E-state index >= 15 is 0 Å². The highest BCUT2D eigenvalue weighted by Gasteiger charge is 2.31. The second-order valence-corrected chi connectivity index (χ2v) is 4.31. The summed E-state index contributed by atoms with van der Waals surface area (Å²) in [7, 11) is 0. The van der Waals surface area contributed by atoms with Gasteiger partial charge in [-0.25, -0.2) is 4.79 Å². The van der Waals surface area contributed by atoms with E-state index in [2.05, 4.69) is 10.6 Å². The van der Waals surface area contributed by atoms with Crippen LogP contribution in [0.3, 0.4) is 0 Å². The van der Waals surface area contributed by atoms with Crippen LogP contribution in [0.25, 0.3) is 0 Å². The van der Waals surface area contributed by atoms with Crippen molar-refractivity contribution in [2.24, 2.45) is 0 Å². The van der Waals surface area contributed by atoms with E-state index in [1.165, 1.54) is 22.9 Å². The number of hydrogen-bond acceptors (Lipinski definition) is 4. The summed E-state index contributed by atoms with van der Waals surface area (Å²) in [5.74, 6) is -0.947. The second kappa shape index (κ2) is 5.55. The molecule has 1 saturated heterocycles. The van der Waals surface area contributed by atoms with Crippen LogP contribution in [0, 0.1) is 0 Å². The van der Waals surface area contributed by atoms with Gasteiger partial charge in [0.1, 0.15) is 6.04 Å². The number of aryl methyl sites for hydroxylation is 1. The van der Waals surface area contributed by atoms with Crippen molar-refractivity contribution >= 4 is 23.5 Å². The summed E-state index contributed by atoms with van der Waals surface area (Å²) in [6, 6.07) is 1.37. The molecule has 0 spiro atoms. The molecule has 0 radical (unpaired) electrons. The van der Waals surface area contributed by atoms with Gasteiger partial charge in [-0.3, -0.25) is 19.7 Å². The summed E-state index contributed by atoms with van der Waals surface area (Å²) in [5.41, 5.74) is 0.300. The Hall–Kier alpha value is -2.64. The summed E-state index contributed by atoms with van der Waals surface area (Å²) in [6.07, 6.45) is 1.36. The van der Waals surface area contributed by atoms with Gasteiger partial charge in [-0.2, -0.15) is 0 Å². The molecule has 0 saturated carbocycles. The predicted octanol–water partition coefficient (Wildman–Crippen LogP) is -0.595. The first-order valence-corrected chi connectivity index (χ1v) is 6.11. The summed E-state index contributed by atoms with van der Waals surface area (Å²) < 4.78 is 1.44. The first-order valence-electron chi connectivity index (χ1n) is 6.11. The molecule has 0 bridgehead atoms. The maximum Gasteiger partial charge on any atom is 0.322 e. The number of imide groups is 1. The van der Waals surface area contributed by atoms with Crippen molar-refractivity contribution in [2.75, 3.05) is 5.32 Å². The summed E-state index contributed by atoms with van der Waals surface area (Å²) in [4.78, 5) is 45.4. The van der Waals surface area contributed by atoms with Gasteiger partial charge >= 0.3 is 6.03 Å². The van der Waals surface area contributed by atoms with Crippen LogP contribution >= 0.6 is 0 Å². The molecule has 106 valence electrons. The quantitative estimate of drug-likeness (QED) is 0.639. The standard InChI is InChI=1S/C12H14N4O4/c1-2-16-6-7(3-4-10(16)18)13-9(17)5-8-11(19)15-12(20)14-8/h3-4,6,8H,2,5H2,1H3,(H,13,17)(H2,14,15,19,20)/t8-/m0/s1. The molecule has 1 aliphatic heterocycles. The van der Waals surface area contributed by atoms with Crippen molar-refractivity contribution in [1.82, 2.24) is 15.2 Å². The topological polar surface area (TPSA) is 109 Å². The van der Waals surface area contributed by atoms with Gasteiger partial charge < -0.3 is 15.2 Å². The van der Waals surface area contributed by atoms with E-state index in [1.54, 1.807) is 0 Å². The van der Waals surface area contributed by atoms with Crippen molar-refractivity contribution in [3.05, 3.63) is 28.7 Å². The monoisotopic (exact) mass is 278 g/mol. The molecule has 4 amide bonds. The molecule has 8 nitrogen and oxygen atoms in total. The SMILES string of the molecule is CCn1cc(NC(=O)C[C@@H]2NC(=O)NC2=O)ccc1=O. The molecule has 0 unspecified atom stereocenters. The zero-order chi connectivity index (χ0) is 14.7. The Balaban J connectivity index is 2.00. The van der Waals surface area contributed by atoms with Gasteiger partial charge in [0, 0.05) is 18.8 Å². The van der Waals surface area contributed by atoms with E-state index in [9.17, 15) is 19.2 Å². The van der Waals surface area contributed by atoms with Crippen LogP contribution < -0.4 is 21.5 Å². The summed E-state index contributed by atoms with van der Waals surface area (Å²) >= 11 is 0. The Labute approximate surface area is 114 Å². The first kappa shape index (κ1) is 13.8. The van der Waals surface area contributed by atoms with Crippen molar-refractivity contribution in [3.63, 3.8) is 0 Å². The predicted molar refractivity (Wildman–Crippen MR) is 70.1 cm³/mol. The fourth-order valence-corrected chi connectivity index (χ4v) is 1.85. The lowest BCUT2D eigenvalue weighted by atomic mass is 10.2. The molecule has 2 rings (SSSR count). The van der Waals surface area contributed by atoms with E-state index in [0.29, 0.717) is 12.2 Å². The second-order valence-electron chi connectivity index (χ2n) is 4.31. The third-order valence-electron chi connectivity index (χ3n) is 2.86. The number of amides is 4. The van der Waals surface area contributed by atoms with Gasteiger partial charge in [0.15, 0.2) is 0 Å². The molecule has 0 aliphatic carbocycles. The lowest BCUT2D eigenvalue weighted by Crippen LogP contribution is -2.33. The number of carbonyl (C=O) groups is 3. The molecule has 1 aromatic heterocycles. The lowest BCUT2D eigenvalue weighted by molar-refractivity contribution is -0.124. The van der Waals surface area contributed by atoms with Crippen LogP contribution in [-0.4, -0.2) is 28.5 Å². The van der Waals surface area contributed by atoms with Crippen LogP contribution in [0.15, 0.2) is 23.1 Å². The Morgan fingerprint density at radius 3 is 2.70 bits per heavy atom. The lowest BCUT2D eigenvalue weighted by Gasteiger charge is -2.09. The minimum Gasteiger partial charge on any atom is -0.325 e. The van der Waals surface area contributed by atoms with Crippen molar-refractivity contribution in [1.29, 1.82) is 0 Å². The fraction of sp³-hybridized carbons (Fsp3) is 0.333. The van der Waals surface area contributed by atoms with Crippen molar-refractivity contribution in [2.45, 2.75) is 25.9 Å². The van der Waals surface area contributed by atoms with E-state index in [-0.39, 0.29) is 12.0 Å². The number of pyridine rings is 1. The van der Waals surface area contributed by atoms with E-state index in [0.717, 1.165) is 0 Å². The number of anilines is 1. The van der Waals surface area contributed by atoms with Gasteiger partial charge in [-0.05, 0) is 13.0 Å². The first-order chi connectivity index (χ1) is 9.49. The van der Waals surface area contributed by atoms with Crippen LogP contribution in [-0.2, 0) is 16.1 Å². The molecule has 1 fully saturated rings. The number of rotatable bonds is 4. The van der Waals surface area contributed by atoms with E-state index < -0.39 is 23.9 Å². The highest BCUT2D eigenvalue weighted by molar-refractivity contribution is 6.06. The molecular formula is C12H14N4O4. The van der Waals surface area contributed by atoms with Gasteiger partial charge in [0.05, 0.1) is 12.1 Å². The number of hydrogen-bond donors (Lipinski definition) is 3. The molecule has 20 heavy (non-hydrogen) atoms. The third kappa shape index (κ3) is 3.02. The molecule has 1 aliphatic rings. The fourth-order valence-electron chi connectivity index (χ4n) is 1.85. The Kier molecular flexibility index (Phi) is 3.83. The Morgan fingerprint density at radius 2 is 2.10 bits per heavy atom. The van der Waals surface area contributed by atoms with Gasteiger partial charge in [-0.1, -0.05) is 0 Å². The summed E-state index contributed by atoms with van der Waals surface area (Å²) in [5, 5.41) is 6.96. The molecule has 1 aromatic rings. The maximum atomic E-state index is 11.8. The van der Waals surface area contributed by atoms with E-state index in [1.807, 2.05) is 12.2 Å². The average molecular weight is 278 g/mol. The minimum atomic E-state index is -0.861. The van der Waals surface area contributed by atoms with Crippen LogP contribution in [0.4, 0.5) is 10.5 Å². The van der Waals surface area contributed by atoms with Crippen molar-refractivity contribution < 1.29 is 14.4 Å². The third-order valence-corrected chi connectivity index (χ3v) is 2.86. The normalized spacial score (nSPS) is 17.6. The zero-order valence-corrected chi connectivity index (χ0v) is 10.8. The number of nitrogens with zero attached hydrogens (tertiary/aromatic N) is 1. The van der Waals surface area contributed by atoms with Crippen LogP contribution in [0.1, 0.15) is 13.3 Å². The molecule has 2 heterocycles.